The Morgan fingerprint density at radius 1 is 0.964 bits per heavy atom. The quantitative estimate of drug-likeness (QED) is 0.458. The normalized spacial score (nSPS) is 10.4. The van der Waals surface area contributed by atoms with Crippen LogP contribution >= 0.6 is 23.2 Å². The fraction of sp³-hybridized carbons (Fsp3) is 0.100. The zero-order chi connectivity index (χ0) is 20.1. The molecule has 2 amide bonds. The molecule has 6 nitrogen and oxygen atoms in total. The molecule has 0 aliphatic carbocycles. The number of amides is 2. The molecule has 2 aromatic carbocycles. The van der Waals surface area contributed by atoms with Crippen LogP contribution in [0.3, 0.4) is 0 Å². The molecular formula is C20H17Cl2N3O3. The molecule has 3 aromatic rings. The van der Waals surface area contributed by atoms with Crippen LogP contribution in [0.1, 0.15) is 17.3 Å². The van der Waals surface area contributed by atoms with Crippen LogP contribution in [0.15, 0.2) is 54.7 Å². The van der Waals surface area contributed by atoms with Crippen molar-refractivity contribution in [1.82, 2.24) is 4.98 Å². The SMILES string of the molecule is CCOC(=O)c1c(-c2ccc(Cl)cc2)c[nH]c1NC(=O)Nc1ccc(Cl)cc1. The molecule has 1 heterocycles. The second-order valence-corrected chi connectivity index (χ2v) is 6.64. The summed E-state index contributed by atoms with van der Waals surface area (Å²) in [5, 5.41) is 6.47. The third kappa shape index (κ3) is 4.65. The van der Waals surface area contributed by atoms with Gasteiger partial charge in [-0.3, -0.25) is 5.32 Å². The predicted octanol–water partition coefficient (Wildman–Crippen LogP) is 5.81. The number of halogens is 2. The van der Waals surface area contributed by atoms with Crippen molar-refractivity contribution in [2.24, 2.45) is 0 Å². The number of hydrogen-bond acceptors (Lipinski definition) is 3. The molecule has 0 aliphatic heterocycles. The van der Waals surface area contributed by atoms with Gasteiger partial charge >= 0.3 is 12.0 Å². The van der Waals surface area contributed by atoms with E-state index in [2.05, 4.69) is 15.6 Å². The molecule has 28 heavy (non-hydrogen) atoms. The van der Waals surface area contributed by atoms with Crippen LogP contribution in [0.2, 0.25) is 10.0 Å². The standard InChI is InChI=1S/C20H17Cl2N3O3/c1-2-28-19(26)17-16(12-3-5-13(21)6-4-12)11-23-18(17)25-20(27)24-15-9-7-14(22)8-10-15/h3-11,23H,2H2,1H3,(H2,24,25,27). The molecule has 0 bridgehead atoms. The summed E-state index contributed by atoms with van der Waals surface area (Å²) in [6, 6.07) is 13.2. The molecule has 0 spiro atoms. The van der Waals surface area contributed by atoms with Gasteiger partial charge in [0.1, 0.15) is 11.4 Å². The van der Waals surface area contributed by atoms with Crippen LogP contribution in [-0.2, 0) is 4.74 Å². The second kappa shape index (κ2) is 8.82. The molecule has 8 heteroatoms. The van der Waals surface area contributed by atoms with Gasteiger partial charge in [0.25, 0.3) is 0 Å². The summed E-state index contributed by atoms with van der Waals surface area (Å²) in [4.78, 5) is 27.8. The molecule has 0 radical (unpaired) electrons. The number of hydrogen-bond donors (Lipinski definition) is 3. The van der Waals surface area contributed by atoms with Gasteiger partial charge in [-0.15, -0.1) is 0 Å². The van der Waals surface area contributed by atoms with Gasteiger partial charge in [-0.2, -0.15) is 0 Å². The Balaban J connectivity index is 1.87. The van der Waals surface area contributed by atoms with Crippen molar-refractivity contribution in [2.45, 2.75) is 6.92 Å². The van der Waals surface area contributed by atoms with E-state index in [1.807, 2.05) is 0 Å². The van der Waals surface area contributed by atoms with Crippen molar-refractivity contribution in [3.63, 3.8) is 0 Å². The summed E-state index contributed by atoms with van der Waals surface area (Å²) in [5.74, 6) is -0.314. The highest BCUT2D eigenvalue weighted by Crippen LogP contribution is 2.31. The van der Waals surface area contributed by atoms with Crippen molar-refractivity contribution in [2.75, 3.05) is 17.2 Å². The van der Waals surface area contributed by atoms with E-state index in [0.29, 0.717) is 21.3 Å². The number of benzene rings is 2. The maximum absolute atomic E-state index is 12.5. The van der Waals surface area contributed by atoms with Crippen LogP contribution in [0, 0.1) is 0 Å². The first-order valence-electron chi connectivity index (χ1n) is 8.46. The molecule has 1 aromatic heterocycles. The largest absolute Gasteiger partial charge is 0.462 e. The number of aromatic nitrogens is 1. The van der Waals surface area contributed by atoms with Gasteiger partial charge < -0.3 is 15.0 Å². The van der Waals surface area contributed by atoms with E-state index in [0.717, 1.165) is 5.56 Å². The number of anilines is 2. The summed E-state index contributed by atoms with van der Waals surface area (Å²) in [5.41, 5.74) is 2.14. The minimum atomic E-state index is -0.546. The van der Waals surface area contributed by atoms with Gasteiger partial charge in [-0.05, 0) is 48.9 Å². The third-order valence-electron chi connectivity index (χ3n) is 3.86. The topological polar surface area (TPSA) is 83.2 Å². The lowest BCUT2D eigenvalue weighted by Crippen LogP contribution is -2.21. The van der Waals surface area contributed by atoms with Crippen molar-refractivity contribution in [1.29, 1.82) is 0 Å². The lowest BCUT2D eigenvalue weighted by atomic mass is 10.0. The van der Waals surface area contributed by atoms with Crippen molar-refractivity contribution in [3.05, 3.63) is 70.3 Å². The van der Waals surface area contributed by atoms with Gasteiger partial charge in [0.15, 0.2) is 0 Å². The van der Waals surface area contributed by atoms with Crippen molar-refractivity contribution < 1.29 is 14.3 Å². The van der Waals surface area contributed by atoms with Gasteiger partial charge in [0, 0.05) is 27.5 Å². The summed E-state index contributed by atoms with van der Waals surface area (Å²) in [7, 11) is 0. The van der Waals surface area contributed by atoms with Crippen LogP contribution < -0.4 is 10.6 Å². The molecule has 3 rings (SSSR count). The average molecular weight is 418 g/mol. The first-order valence-corrected chi connectivity index (χ1v) is 9.21. The fourth-order valence-corrected chi connectivity index (χ4v) is 2.86. The molecular weight excluding hydrogens is 401 g/mol. The number of rotatable bonds is 5. The Morgan fingerprint density at radius 3 is 2.18 bits per heavy atom. The van der Waals surface area contributed by atoms with E-state index in [9.17, 15) is 9.59 Å². The summed E-state index contributed by atoms with van der Waals surface area (Å²) in [6.45, 7) is 1.92. The zero-order valence-corrected chi connectivity index (χ0v) is 16.4. The first kappa shape index (κ1) is 19.8. The Labute approximate surface area is 171 Å². The van der Waals surface area contributed by atoms with E-state index < -0.39 is 12.0 Å². The number of ether oxygens (including phenoxy) is 1. The molecule has 0 atom stereocenters. The Morgan fingerprint density at radius 2 is 1.57 bits per heavy atom. The monoisotopic (exact) mass is 417 g/mol. The predicted molar refractivity (Wildman–Crippen MR) is 111 cm³/mol. The average Bonchev–Trinajstić information content (AvgIpc) is 3.08. The van der Waals surface area contributed by atoms with E-state index in [4.69, 9.17) is 27.9 Å². The molecule has 0 saturated heterocycles. The van der Waals surface area contributed by atoms with E-state index in [1.165, 1.54) is 0 Å². The number of aromatic amines is 1. The fourth-order valence-electron chi connectivity index (χ4n) is 2.60. The lowest BCUT2D eigenvalue weighted by molar-refractivity contribution is 0.0528. The second-order valence-electron chi connectivity index (χ2n) is 5.77. The number of H-pyrrole nitrogens is 1. The van der Waals surface area contributed by atoms with E-state index in [1.54, 1.807) is 61.7 Å². The van der Waals surface area contributed by atoms with E-state index in [-0.39, 0.29) is 18.0 Å². The van der Waals surface area contributed by atoms with Crippen LogP contribution in [0.25, 0.3) is 11.1 Å². The minimum Gasteiger partial charge on any atom is -0.462 e. The van der Waals surface area contributed by atoms with Crippen molar-refractivity contribution in [3.8, 4) is 11.1 Å². The summed E-state index contributed by atoms with van der Waals surface area (Å²) in [6.07, 6.45) is 1.63. The number of carbonyl (C=O) groups excluding carboxylic acids is 2. The number of nitrogens with one attached hydrogen (secondary N) is 3. The van der Waals surface area contributed by atoms with Crippen molar-refractivity contribution >= 4 is 46.7 Å². The molecule has 3 N–H and O–H groups in total. The summed E-state index contributed by atoms with van der Waals surface area (Å²) >= 11 is 11.8. The molecule has 0 aliphatic rings. The van der Waals surface area contributed by atoms with Crippen LogP contribution in [-0.4, -0.2) is 23.6 Å². The Kier molecular flexibility index (Phi) is 6.23. The number of carbonyl (C=O) groups is 2. The number of esters is 1. The number of urea groups is 1. The smallest absolute Gasteiger partial charge is 0.342 e. The Hall–Kier alpha value is -2.96. The van der Waals surface area contributed by atoms with Gasteiger partial charge in [0.05, 0.1) is 6.61 Å². The highest BCUT2D eigenvalue weighted by atomic mass is 35.5. The molecule has 0 unspecified atom stereocenters. The molecule has 0 saturated carbocycles. The molecule has 0 fully saturated rings. The third-order valence-corrected chi connectivity index (χ3v) is 4.36. The lowest BCUT2D eigenvalue weighted by Gasteiger charge is -2.10. The van der Waals surface area contributed by atoms with Gasteiger partial charge in [-0.1, -0.05) is 35.3 Å². The molecule has 144 valence electrons. The first-order chi connectivity index (χ1) is 13.5. The highest BCUT2D eigenvalue weighted by Gasteiger charge is 2.22. The highest BCUT2D eigenvalue weighted by molar-refractivity contribution is 6.31. The van der Waals surface area contributed by atoms with E-state index >= 15 is 0 Å². The van der Waals surface area contributed by atoms with Crippen LogP contribution in [0.5, 0.6) is 0 Å². The minimum absolute atomic E-state index is 0.209. The maximum Gasteiger partial charge on any atom is 0.342 e. The Bertz CT molecular complexity index is 983. The van der Waals surface area contributed by atoms with Gasteiger partial charge in [0.2, 0.25) is 0 Å². The zero-order valence-electron chi connectivity index (χ0n) is 14.9. The van der Waals surface area contributed by atoms with Gasteiger partial charge in [-0.25, -0.2) is 9.59 Å². The maximum atomic E-state index is 12.5. The summed E-state index contributed by atoms with van der Waals surface area (Å²) < 4.78 is 5.15. The van der Waals surface area contributed by atoms with Crippen LogP contribution in [0.4, 0.5) is 16.3 Å².